The van der Waals surface area contributed by atoms with Gasteiger partial charge in [-0.25, -0.2) is 0 Å². The van der Waals surface area contributed by atoms with Crippen LogP contribution in [0.3, 0.4) is 0 Å². The van der Waals surface area contributed by atoms with Crippen LogP contribution in [-0.2, 0) is 4.74 Å². The van der Waals surface area contributed by atoms with Crippen molar-refractivity contribution in [2.45, 2.75) is 45.1 Å². The van der Waals surface area contributed by atoms with E-state index in [-0.39, 0.29) is 18.2 Å². The van der Waals surface area contributed by atoms with Crippen LogP contribution in [0.15, 0.2) is 0 Å². The number of alkyl halides is 3. The molecule has 3 unspecified atom stereocenters. The summed E-state index contributed by atoms with van der Waals surface area (Å²) in [5, 5.41) is 2.45. The SMILES string of the molecule is CC1CN(C(C)CNCC(F)(F)F)C(C)CO1. The first-order valence-electron chi connectivity index (χ1n) is 5.94. The van der Waals surface area contributed by atoms with E-state index in [0.717, 1.165) is 6.54 Å². The molecule has 0 amide bonds. The molecule has 1 aliphatic heterocycles. The van der Waals surface area contributed by atoms with Gasteiger partial charge >= 0.3 is 6.18 Å². The van der Waals surface area contributed by atoms with E-state index in [1.165, 1.54) is 0 Å². The Bertz CT molecular complexity index is 235. The highest BCUT2D eigenvalue weighted by molar-refractivity contribution is 4.81. The van der Waals surface area contributed by atoms with Crippen molar-refractivity contribution in [3.05, 3.63) is 0 Å². The van der Waals surface area contributed by atoms with Crippen LogP contribution in [-0.4, -0.2) is 55.5 Å². The molecule has 0 saturated carbocycles. The number of hydrogen-bond donors (Lipinski definition) is 1. The molecular formula is C11H21F3N2O. The quantitative estimate of drug-likeness (QED) is 0.825. The molecule has 0 bridgehead atoms. The predicted molar refractivity (Wildman–Crippen MR) is 60.0 cm³/mol. The molecule has 0 aromatic heterocycles. The maximum Gasteiger partial charge on any atom is 0.401 e. The summed E-state index contributed by atoms with van der Waals surface area (Å²) in [5.74, 6) is 0. The smallest absolute Gasteiger partial charge is 0.376 e. The average Bonchev–Trinajstić information content (AvgIpc) is 2.19. The third-order valence-electron chi connectivity index (χ3n) is 2.99. The summed E-state index contributed by atoms with van der Waals surface area (Å²) in [6.07, 6.45) is -3.99. The Morgan fingerprint density at radius 2 is 2.06 bits per heavy atom. The van der Waals surface area contributed by atoms with Gasteiger partial charge in [0.05, 0.1) is 19.3 Å². The second-order valence-corrected chi connectivity index (χ2v) is 4.78. The lowest BCUT2D eigenvalue weighted by atomic mass is 10.1. The number of hydrogen-bond acceptors (Lipinski definition) is 3. The lowest BCUT2D eigenvalue weighted by molar-refractivity contribution is -0.126. The molecule has 1 heterocycles. The Morgan fingerprint density at radius 1 is 1.41 bits per heavy atom. The van der Waals surface area contributed by atoms with Crippen LogP contribution < -0.4 is 5.32 Å². The molecule has 1 N–H and O–H groups in total. The summed E-state index contributed by atoms with van der Waals surface area (Å²) in [4.78, 5) is 2.19. The van der Waals surface area contributed by atoms with E-state index in [2.05, 4.69) is 10.2 Å². The lowest BCUT2D eigenvalue weighted by Crippen LogP contribution is -2.54. The maximum atomic E-state index is 12.0. The second-order valence-electron chi connectivity index (χ2n) is 4.78. The Kier molecular flexibility index (Phi) is 5.22. The maximum absolute atomic E-state index is 12.0. The molecular weight excluding hydrogens is 233 g/mol. The predicted octanol–water partition coefficient (Wildman–Crippen LogP) is 1.64. The molecule has 0 radical (unpaired) electrons. The Morgan fingerprint density at radius 3 is 2.65 bits per heavy atom. The number of halogens is 3. The van der Waals surface area contributed by atoms with Crippen LogP contribution in [0.4, 0.5) is 13.2 Å². The highest BCUT2D eigenvalue weighted by Crippen LogP contribution is 2.15. The van der Waals surface area contributed by atoms with E-state index < -0.39 is 12.7 Å². The summed E-state index contributed by atoms with van der Waals surface area (Å²) >= 11 is 0. The van der Waals surface area contributed by atoms with E-state index in [4.69, 9.17) is 4.74 Å². The highest BCUT2D eigenvalue weighted by Gasteiger charge is 2.29. The summed E-state index contributed by atoms with van der Waals surface area (Å²) in [6, 6.07) is 0.340. The fourth-order valence-corrected chi connectivity index (χ4v) is 2.08. The Balaban J connectivity index is 2.33. The van der Waals surface area contributed by atoms with Crippen molar-refractivity contribution in [1.29, 1.82) is 0 Å². The van der Waals surface area contributed by atoms with Gasteiger partial charge in [0.25, 0.3) is 0 Å². The van der Waals surface area contributed by atoms with Crippen molar-refractivity contribution in [1.82, 2.24) is 10.2 Å². The standard InChI is InChI=1S/C11H21F3N2O/c1-8(4-15-7-11(12,13)14)16-5-10(3)17-6-9(16)2/h8-10,15H,4-7H2,1-3H3. The van der Waals surface area contributed by atoms with Gasteiger partial charge < -0.3 is 10.1 Å². The van der Waals surface area contributed by atoms with E-state index in [9.17, 15) is 13.2 Å². The van der Waals surface area contributed by atoms with Crippen LogP contribution >= 0.6 is 0 Å². The molecule has 0 aliphatic carbocycles. The van der Waals surface area contributed by atoms with E-state index in [1.54, 1.807) is 0 Å². The first kappa shape index (κ1) is 14.7. The Hall–Kier alpha value is -0.330. The van der Waals surface area contributed by atoms with E-state index in [1.807, 2.05) is 20.8 Å². The van der Waals surface area contributed by atoms with Crippen molar-refractivity contribution < 1.29 is 17.9 Å². The third-order valence-corrected chi connectivity index (χ3v) is 2.99. The topological polar surface area (TPSA) is 24.5 Å². The molecule has 1 fully saturated rings. The highest BCUT2D eigenvalue weighted by atomic mass is 19.4. The first-order valence-corrected chi connectivity index (χ1v) is 5.94. The molecule has 1 saturated heterocycles. The monoisotopic (exact) mass is 254 g/mol. The molecule has 102 valence electrons. The van der Waals surface area contributed by atoms with Gasteiger partial charge in [-0.05, 0) is 20.8 Å². The van der Waals surface area contributed by atoms with Gasteiger partial charge in [-0.1, -0.05) is 0 Å². The van der Waals surface area contributed by atoms with Crippen molar-refractivity contribution in [3.8, 4) is 0 Å². The first-order chi connectivity index (χ1) is 7.79. The van der Waals surface area contributed by atoms with Crippen LogP contribution in [0, 0.1) is 0 Å². The van der Waals surface area contributed by atoms with Gasteiger partial charge in [0.2, 0.25) is 0 Å². The number of nitrogens with one attached hydrogen (secondary N) is 1. The van der Waals surface area contributed by atoms with Gasteiger partial charge in [0.1, 0.15) is 0 Å². The summed E-state index contributed by atoms with van der Waals surface area (Å²) < 4.78 is 41.5. The molecule has 0 spiro atoms. The number of nitrogens with zero attached hydrogens (tertiary/aromatic N) is 1. The largest absolute Gasteiger partial charge is 0.401 e. The molecule has 1 rings (SSSR count). The van der Waals surface area contributed by atoms with E-state index >= 15 is 0 Å². The number of ether oxygens (including phenoxy) is 1. The van der Waals surface area contributed by atoms with Gasteiger partial charge in [0, 0.05) is 25.2 Å². The molecule has 3 atom stereocenters. The zero-order valence-corrected chi connectivity index (χ0v) is 10.5. The van der Waals surface area contributed by atoms with Crippen molar-refractivity contribution >= 4 is 0 Å². The normalized spacial score (nSPS) is 29.3. The van der Waals surface area contributed by atoms with Crippen molar-refractivity contribution in [3.63, 3.8) is 0 Å². The van der Waals surface area contributed by atoms with Crippen LogP contribution in [0.25, 0.3) is 0 Å². The molecule has 1 aliphatic rings. The summed E-state index contributed by atoms with van der Waals surface area (Å²) in [7, 11) is 0. The molecule has 6 heteroatoms. The summed E-state index contributed by atoms with van der Waals surface area (Å²) in [5.41, 5.74) is 0. The minimum absolute atomic E-state index is 0.0821. The van der Waals surface area contributed by atoms with Crippen LogP contribution in [0.2, 0.25) is 0 Å². The summed E-state index contributed by atoms with van der Waals surface area (Å²) in [6.45, 7) is 6.79. The molecule has 0 aromatic rings. The van der Waals surface area contributed by atoms with Crippen LogP contribution in [0.5, 0.6) is 0 Å². The third kappa shape index (κ3) is 5.23. The fourth-order valence-electron chi connectivity index (χ4n) is 2.08. The van der Waals surface area contributed by atoms with Gasteiger partial charge in [-0.3, -0.25) is 4.90 Å². The fraction of sp³-hybridized carbons (Fsp3) is 1.00. The molecule has 3 nitrogen and oxygen atoms in total. The van der Waals surface area contributed by atoms with Crippen LogP contribution in [0.1, 0.15) is 20.8 Å². The average molecular weight is 254 g/mol. The molecule has 17 heavy (non-hydrogen) atoms. The number of morpholine rings is 1. The van der Waals surface area contributed by atoms with Crippen molar-refractivity contribution in [2.75, 3.05) is 26.2 Å². The van der Waals surface area contributed by atoms with Gasteiger partial charge in [0.15, 0.2) is 0 Å². The molecule has 0 aromatic carbocycles. The van der Waals surface area contributed by atoms with E-state index in [0.29, 0.717) is 13.2 Å². The minimum Gasteiger partial charge on any atom is -0.376 e. The van der Waals surface area contributed by atoms with Crippen molar-refractivity contribution in [2.24, 2.45) is 0 Å². The Labute approximate surface area is 100 Å². The minimum atomic E-state index is -4.14. The van der Waals surface area contributed by atoms with Gasteiger partial charge in [-0.2, -0.15) is 13.2 Å². The zero-order chi connectivity index (χ0) is 13.1. The second kappa shape index (κ2) is 6.02. The zero-order valence-electron chi connectivity index (χ0n) is 10.5. The van der Waals surface area contributed by atoms with Gasteiger partial charge in [-0.15, -0.1) is 0 Å². The number of rotatable bonds is 4. The lowest BCUT2D eigenvalue weighted by Gasteiger charge is -2.40.